The SMILES string of the molecule is CCCCN(C1CC1)C1CCC(C)(C)C1N. The van der Waals surface area contributed by atoms with Gasteiger partial charge in [-0.2, -0.15) is 0 Å². The van der Waals surface area contributed by atoms with E-state index in [0.29, 0.717) is 17.5 Å². The molecule has 0 aliphatic heterocycles. The molecule has 2 heteroatoms. The second-order valence-corrected chi connectivity index (χ2v) is 6.44. The molecule has 0 radical (unpaired) electrons. The van der Waals surface area contributed by atoms with E-state index in [0.717, 1.165) is 6.04 Å². The smallest absolute Gasteiger partial charge is 0.0255 e. The van der Waals surface area contributed by atoms with Crippen molar-refractivity contribution in [1.82, 2.24) is 4.90 Å². The van der Waals surface area contributed by atoms with Crippen LogP contribution in [0.2, 0.25) is 0 Å². The lowest BCUT2D eigenvalue weighted by Gasteiger charge is -2.35. The van der Waals surface area contributed by atoms with Crippen molar-refractivity contribution in [1.29, 1.82) is 0 Å². The van der Waals surface area contributed by atoms with Gasteiger partial charge in [0.2, 0.25) is 0 Å². The van der Waals surface area contributed by atoms with Gasteiger partial charge >= 0.3 is 0 Å². The van der Waals surface area contributed by atoms with Gasteiger partial charge in [-0.15, -0.1) is 0 Å². The fourth-order valence-corrected chi connectivity index (χ4v) is 3.13. The highest BCUT2D eigenvalue weighted by atomic mass is 15.2. The summed E-state index contributed by atoms with van der Waals surface area (Å²) >= 11 is 0. The van der Waals surface area contributed by atoms with Crippen LogP contribution in [0.5, 0.6) is 0 Å². The van der Waals surface area contributed by atoms with Gasteiger partial charge in [-0.3, -0.25) is 4.90 Å². The Labute approximate surface area is 101 Å². The number of hydrogen-bond acceptors (Lipinski definition) is 2. The molecule has 2 fully saturated rings. The molecule has 0 aromatic carbocycles. The van der Waals surface area contributed by atoms with Crippen LogP contribution in [0.15, 0.2) is 0 Å². The van der Waals surface area contributed by atoms with Crippen LogP contribution in [0.25, 0.3) is 0 Å². The Morgan fingerprint density at radius 1 is 1.25 bits per heavy atom. The van der Waals surface area contributed by atoms with Crippen LogP contribution < -0.4 is 5.73 Å². The van der Waals surface area contributed by atoms with Crippen molar-refractivity contribution in [2.75, 3.05) is 6.54 Å². The molecule has 0 aromatic heterocycles. The van der Waals surface area contributed by atoms with Crippen LogP contribution >= 0.6 is 0 Å². The molecule has 94 valence electrons. The average molecular weight is 224 g/mol. The summed E-state index contributed by atoms with van der Waals surface area (Å²) in [4.78, 5) is 2.74. The maximum Gasteiger partial charge on any atom is 0.0255 e. The minimum absolute atomic E-state index is 0.351. The summed E-state index contributed by atoms with van der Waals surface area (Å²) in [5.41, 5.74) is 6.80. The van der Waals surface area contributed by atoms with Gasteiger partial charge in [0.1, 0.15) is 0 Å². The first-order valence-electron chi connectivity index (χ1n) is 7.07. The Morgan fingerprint density at radius 2 is 1.94 bits per heavy atom. The quantitative estimate of drug-likeness (QED) is 0.778. The van der Waals surface area contributed by atoms with Crippen molar-refractivity contribution in [3.05, 3.63) is 0 Å². The molecule has 2 rings (SSSR count). The van der Waals surface area contributed by atoms with Gasteiger partial charge in [-0.05, 0) is 44.1 Å². The second kappa shape index (κ2) is 4.66. The standard InChI is InChI=1S/C14H28N2/c1-4-5-10-16(11-6-7-11)12-8-9-14(2,3)13(12)15/h11-13H,4-10,15H2,1-3H3. The number of nitrogens with zero attached hydrogens (tertiary/aromatic N) is 1. The Bertz CT molecular complexity index is 233. The summed E-state index contributed by atoms with van der Waals surface area (Å²) < 4.78 is 0. The molecule has 2 saturated carbocycles. The molecule has 2 aliphatic carbocycles. The zero-order chi connectivity index (χ0) is 11.8. The van der Waals surface area contributed by atoms with Gasteiger partial charge in [0.25, 0.3) is 0 Å². The van der Waals surface area contributed by atoms with E-state index in [9.17, 15) is 0 Å². The summed E-state index contributed by atoms with van der Waals surface area (Å²) in [5, 5.41) is 0. The van der Waals surface area contributed by atoms with Gasteiger partial charge in [0, 0.05) is 18.1 Å². The Balaban J connectivity index is 1.97. The fraction of sp³-hybridized carbons (Fsp3) is 1.00. The summed E-state index contributed by atoms with van der Waals surface area (Å²) in [6.45, 7) is 8.23. The van der Waals surface area contributed by atoms with Crippen molar-refractivity contribution >= 4 is 0 Å². The highest BCUT2D eigenvalue weighted by Crippen LogP contribution is 2.42. The van der Waals surface area contributed by atoms with E-state index in [-0.39, 0.29) is 0 Å². The largest absolute Gasteiger partial charge is 0.326 e. The van der Waals surface area contributed by atoms with E-state index in [1.54, 1.807) is 0 Å². The lowest BCUT2D eigenvalue weighted by Crippen LogP contribution is -2.50. The normalized spacial score (nSPS) is 33.6. The summed E-state index contributed by atoms with van der Waals surface area (Å²) in [7, 11) is 0. The molecule has 0 spiro atoms. The molecule has 0 heterocycles. The van der Waals surface area contributed by atoms with Crippen molar-refractivity contribution in [3.8, 4) is 0 Å². The van der Waals surface area contributed by atoms with Crippen LogP contribution in [0, 0.1) is 5.41 Å². The van der Waals surface area contributed by atoms with Gasteiger partial charge in [-0.1, -0.05) is 27.2 Å². The maximum atomic E-state index is 6.45. The molecule has 0 aromatic rings. The van der Waals surface area contributed by atoms with Crippen molar-refractivity contribution < 1.29 is 0 Å². The fourth-order valence-electron chi connectivity index (χ4n) is 3.13. The maximum absolute atomic E-state index is 6.45. The number of rotatable bonds is 5. The van der Waals surface area contributed by atoms with Crippen LogP contribution in [0.1, 0.15) is 59.3 Å². The number of nitrogens with two attached hydrogens (primary N) is 1. The summed E-state index contributed by atoms with van der Waals surface area (Å²) in [5.74, 6) is 0. The average Bonchev–Trinajstić information content (AvgIpc) is 3.01. The van der Waals surface area contributed by atoms with Gasteiger partial charge in [-0.25, -0.2) is 0 Å². The minimum Gasteiger partial charge on any atom is -0.326 e. The number of hydrogen-bond donors (Lipinski definition) is 1. The van der Waals surface area contributed by atoms with Crippen LogP contribution in [-0.4, -0.2) is 29.6 Å². The molecular weight excluding hydrogens is 196 g/mol. The molecule has 2 N–H and O–H groups in total. The molecular formula is C14H28N2. The first kappa shape index (κ1) is 12.4. The third-order valence-corrected chi connectivity index (χ3v) is 4.61. The monoisotopic (exact) mass is 224 g/mol. The molecule has 2 nitrogen and oxygen atoms in total. The van der Waals surface area contributed by atoms with Crippen molar-refractivity contribution in [2.45, 2.75) is 77.4 Å². The van der Waals surface area contributed by atoms with Crippen LogP contribution in [0.3, 0.4) is 0 Å². The third-order valence-electron chi connectivity index (χ3n) is 4.61. The zero-order valence-corrected chi connectivity index (χ0v) is 11.2. The molecule has 0 bridgehead atoms. The molecule has 0 amide bonds. The lowest BCUT2D eigenvalue weighted by molar-refractivity contribution is 0.153. The van der Waals surface area contributed by atoms with Crippen molar-refractivity contribution in [3.63, 3.8) is 0 Å². The summed E-state index contributed by atoms with van der Waals surface area (Å²) in [6, 6.07) is 1.91. The molecule has 2 aliphatic rings. The van der Waals surface area contributed by atoms with Gasteiger partial charge < -0.3 is 5.73 Å². The van der Waals surface area contributed by atoms with E-state index in [1.165, 1.54) is 45.1 Å². The second-order valence-electron chi connectivity index (χ2n) is 6.44. The van der Waals surface area contributed by atoms with Crippen LogP contribution in [-0.2, 0) is 0 Å². The minimum atomic E-state index is 0.351. The topological polar surface area (TPSA) is 29.3 Å². The summed E-state index contributed by atoms with van der Waals surface area (Å²) in [6.07, 6.45) is 8.07. The van der Waals surface area contributed by atoms with E-state index in [4.69, 9.17) is 5.73 Å². The van der Waals surface area contributed by atoms with E-state index >= 15 is 0 Å². The first-order valence-corrected chi connectivity index (χ1v) is 7.07. The Hall–Kier alpha value is -0.0800. The predicted molar refractivity (Wildman–Crippen MR) is 69.4 cm³/mol. The molecule has 2 unspecified atom stereocenters. The number of unbranched alkanes of at least 4 members (excludes halogenated alkanes) is 1. The van der Waals surface area contributed by atoms with E-state index in [1.807, 2.05) is 0 Å². The van der Waals surface area contributed by atoms with E-state index in [2.05, 4.69) is 25.7 Å². The first-order chi connectivity index (χ1) is 7.56. The molecule has 16 heavy (non-hydrogen) atoms. The van der Waals surface area contributed by atoms with Gasteiger partial charge in [0.05, 0.1) is 0 Å². The van der Waals surface area contributed by atoms with Crippen LogP contribution in [0.4, 0.5) is 0 Å². The van der Waals surface area contributed by atoms with Crippen molar-refractivity contribution in [2.24, 2.45) is 11.1 Å². The third kappa shape index (κ3) is 2.43. The van der Waals surface area contributed by atoms with Gasteiger partial charge in [0.15, 0.2) is 0 Å². The molecule has 2 atom stereocenters. The Kier molecular flexibility index (Phi) is 3.60. The predicted octanol–water partition coefficient (Wildman–Crippen LogP) is 2.77. The highest BCUT2D eigenvalue weighted by molar-refractivity contribution is 5.02. The Morgan fingerprint density at radius 3 is 2.38 bits per heavy atom. The zero-order valence-electron chi connectivity index (χ0n) is 11.2. The lowest BCUT2D eigenvalue weighted by atomic mass is 9.87. The van der Waals surface area contributed by atoms with E-state index < -0.39 is 0 Å². The molecule has 0 saturated heterocycles. The highest BCUT2D eigenvalue weighted by Gasteiger charge is 2.45.